The number of hydrogen-bond donors (Lipinski definition) is 1. The van der Waals surface area contributed by atoms with Crippen molar-refractivity contribution >= 4 is 38.3 Å². The molecule has 3 aromatic rings. The van der Waals surface area contributed by atoms with Gasteiger partial charge in [-0.2, -0.15) is 0 Å². The zero-order valence-electron chi connectivity index (χ0n) is 10.5. The number of thiazole rings is 1. The van der Waals surface area contributed by atoms with Gasteiger partial charge in [0.05, 0.1) is 15.2 Å². The Hall–Kier alpha value is -1.68. The number of nitrogens with two attached hydrogens (primary N) is 1. The molecule has 0 aliphatic heterocycles. The van der Waals surface area contributed by atoms with Crippen molar-refractivity contribution in [2.24, 2.45) is 0 Å². The van der Waals surface area contributed by atoms with Gasteiger partial charge in [0.15, 0.2) is 5.82 Å². The summed E-state index contributed by atoms with van der Waals surface area (Å²) in [6.07, 6.45) is 2.11. The van der Waals surface area contributed by atoms with Crippen molar-refractivity contribution in [2.75, 3.05) is 5.73 Å². The molecule has 3 nitrogen and oxygen atoms in total. The minimum atomic E-state index is 0.542. The number of nitrogens with zero attached hydrogens (tertiary/aromatic N) is 2. The number of hydrogen-bond acceptors (Lipinski definition) is 4. The second-order valence-corrected chi connectivity index (χ2v) is 5.64. The largest absolute Gasteiger partial charge is 0.382 e. The third-order valence-corrected chi connectivity index (χ3v) is 4.16. The fraction of sp³-hybridized carbons (Fsp3) is 0.286. The van der Waals surface area contributed by atoms with Crippen molar-refractivity contribution in [2.45, 2.75) is 26.7 Å². The van der Waals surface area contributed by atoms with Crippen LogP contribution in [0.1, 0.15) is 23.9 Å². The standard InChI is InChI=1S/C14H15N3S/c1-3-4-11-17-12-13(18-11)9-7-8(2)5-6-10(9)16-14(12)15/h5-7H,3-4H2,1-2H3,(H2,15,16). The molecule has 0 amide bonds. The van der Waals surface area contributed by atoms with Crippen LogP contribution in [0.5, 0.6) is 0 Å². The zero-order chi connectivity index (χ0) is 12.7. The molecule has 4 heteroatoms. The van der Waals surface area contributed by atoms with Crippen LogP contribution in [0.3, 0.4) is 0 Å². The van der Waals surface area contributed by atoms with Crippen molar-refractivity contribution in [3.63, 3.8) is 0 Å². The Morgan fingerprint density at radius 3 is 2.89 bits per heavy atom. The van der Waals surface area contributed by atoms with Crippen molar-refractivity contribution in [3.05, 3.63) is 28.8 Å². The molecule has 92 valence electrons. The quantitative estimate of drug-likeness (QED) is 0.761. The highest BCUT2D eigenvalue weighted by Crippen LogP contribution is 2.33. The Balaban J connectivity index is 2.39. The first-order valence-electron chi connectivity index (χ1n) is 6.14. The van der Waals surface area contributed by atoms with Crippen LogP contribution >= 0.6 is 11.3 Å². The average Bonchev–Trinajstić information content (AvgIpc) is 2.76. The van der Waals surface area contributed by atoms with E-state index in [4.69, 9.17) is 5.73 Å². The van der Waals surface area contributed by atoms with Crippen LogP contribution in [0.2, 0.25) is 0 Å². The van der Waals surface area contributed by atoms with Crippen LogP contribution in [0, 0.1) is 6.92 Å². The Bertz CT molecular complexity index is 731. The number of fused-ring (bicyclic) bond motifs is 3. The Morgan fingerprint density at radius 1 is 1.28 bits per heavy atom. The van der Waals surface area contributed by atoms with Crippen LogP contribution in [0.15, 0.2) is 18.2 Å². The minimum Gasteiger partial charge on any atom is -0.382 e. The van der Waals surface area contributed by atoms with Gasteiger partial charge in [-0.1, -0.05) is 18.6 Å². The Kier molecular flexibility index (Phi) is 2.67. The van der Waals surface area contributed by atoms with E-state index < -0.39 is 0 Å². The first kappa shape index (κ1) is 11.4. The Morgan fingerprint density at radius 2 is 2.11 bits per heavy atom. The lowest BCUT2D eigenvalue weighted by Gasteiger charge is -2.01. The third-order valence-electron chi connectivity index (χ3n) is 3.02. The van der Waals surface area contributed by atoms with E-state index in [1.165, 1.54) is 15.6 Å². The molecule has 1 aromatic carbocycles. The maximum absolute atomic E-state index is 6.00. The van der Waals surface area contributed by atoms with Gasteiger partial charge in [0.25, 0.3) is 0 Å². The molecule has 0 aliphatic carbocycles. The van der Waals surface area contributed by atoms with Gasteiger partial charge in [0, 0.05) is 5.39 Å². The summed E-state index contributed by atoms with van der Waals surface area (Å²) in [5, 5.41) is 2.31. The molecule has 0 aliphatic rings. The summed E-state index contributed by atoms with van der Waals surface area (Å²) in [5.74, 6) is 0.542. The van der Waals surface area contributed by atoms with E-state index in [-0.39, 0.29) is 0 Å². The number of pyridine rings is 1. The summed E-state index contributed by atoms with van der Waals surface area (Å²) >= 11 is 1.74. The molecule has 0 fully saturated rings. The number of anilines is 1. The second-order valence-electron chi connectivity index (χ2n) is 4.55. The summed E-state index contributed by atoms with van der Waals surface area (Å²) in [7, 11) is 0. The first-order chi connectivity index (χ1) is 8.69. The number of aromatic nitrogens is 2. The molecule has 0 atom stereocenters. The van der Waals surface area contributed by atoms with Crippen molar-refractivity contribution in [1.82, 2.24) is 9.97 Å². The van der Waals surface area contributed by atoms with Gasteiger partial charge in [0.1, 0.15) is 5.52 Å². The molecule has 0 bridgehead atoms. The van der Waals surface area contributed by atoms with Gasteiger partial charge in [0.2, 0.25) is 0 Å². The Labute approximate surface area is 110 Å². The van der Waals surface area contributed by atoms with Crippen molar-refractivity contribution < 1.29 is 0 Å². The summed E-state index contributed by atoms with van der Waals surface area (Å²) in [4.78, 5) is 9.05. The highest BCUT2D eigenvalue weighted by atomic mass is 32.1. The predicted molar refractivity (Wildman–Crippen MR) is 78.1 cm³/mol. The maximum Gasteiger partial charge on any atom is 0.151 e. The van der Waals surface area contributed by atoms with Crippen LogP contribution in [0.4, 0.5) is 5.82 Å². The normalized spacial score (nSPS) is 11.4. The smallest absolute Gasteiger partial charge is 0.151 e. The van der Waals surface area contributed by atoms with E-state index in [1.807, 2.05) is 6.07 Å². The lowest BCUT2D eigenvalue weighted by molar-refractivity contribution is 0.913. The molecule has 0 radical (unpaired) electrons. The van der Waals surface area contributed by atoms with E-state index in [0.717, 1.165) is 28.9 Å². The highest BCUT2D eigenvalue weighted by molar-refractivity contribution is 7.19. The lowest BCUT2D eigenvalue weighted by atomic mass is 10.1. The summed E-state index contributed by atoms with van der Waals surface area (Å²) in [6.45, 7) is 4.26. The molecule has 2 aromatic heterocycles. The van der Waals surface area contributed by atoms with E-state index in [1.54, 1.807) is 11.3 Å². The summed E-state index contributed by atoms with van der Waals surface area (Å²) in [5.41, 5.74) is 9.06. The SMILES string of the molecule is CCCc1nc2c(N)nc3ccc(C)cc3c2s1. The van der Waals surface area contributed by atoms with E-state index in [9.17, 15) is 0 Å². The number of aryl methyl sites for hydroxylation is 2. The molecule has 0 spiro atoms. The third kappa shape index (κ3) is 1.73. The number of benzene rings is 1. The molecule has 3 rings (SSSR count). The van der Waals surface area contributed by atoms with Crippen LogP contribution < -0.4 is 5.73 Å². The minimum absolute atomic E-state index is 0.542. The summed E-state index contributed by atoms with van der Waals surface area (Å²) in [6, 6.07) is 6.26. The molecule has 18 heavy (non-hydrogen) atoms. The zero-order valence-corrected chi connectivity index (χ0v) is 11.3. The highest BCUT2D eigenvalue weighted by Gasteiger charge is 2.11. The van der Waals surface area contributed by atoms with Gasteiger partial charge in [-0.15, -0.1) is 11.3 Å². The van der Waals surface area contributed by atoms with Crippen LogP contribution in [0.25, 0.3) is 21.1 Å². The average molecular weight is 257 g/mol. The van der Waals surface area contributed by atoms with Gasteiger partial charge < -0.3 is 5.73 Å². The van der Waals surface area contributed by atoms with E-state index in [0.29, 0.717) is 5.82 Å². The molecule has 0 saturated carbocycles. The maximum atomic E-state index is 6.00. The fourth-order valence-electron chi connectivity index (χ4n) is 2.15. The van der Waals surface area contributed by atoms with Crippen molar-refractivity contribution in [3.8, 4) is 0 Å². The predicted octanol–water partition coefficient (Wildman–Crippen LogP) is 3.69. The molecule has 2 N–H and O–H groups in total. The van der Waals surface area contributed by atoms with Crippen molar-refractivity contribution in [1.29, 1.82) is 0 Å². The molecule has 0 saturated heterocycles. The van der Waals surface area contributed by atoms with Gasteiger partial charge >= 0.3 is 0 Å². The first-order valence-corrected chi connectivity index (χ1v) is 6.96. The van der Waals surface area contributed by atoms with Gasteiger partial charge in [-0.3, -0.25) is 0 Å². The monoisotopic (exact) mass is 257 g/mol. The van der Waals surface area contributed by atoms with Crippen LogP contribution in [-0.4, -0.2) is 9.97 Å². The fourth-order valence-corrected chi connectivity index (χ4v) is 3.35. The van der Waals surface area contributed by atoms with E-state index in [2.05, 4.69) is 35.9 Å². The second kappa shape index (κ2) is 4.21. The molecular formula is C14H15N3S. The number of rotatable bonds is 2. The van der Waals surface area contributed by atoms with Crippen LogP contribution in [-0.2, 0) is 6.42 Å². The summed E-state index contributed by atoms with van der Waals surface area (Å²) < 4.78 is 1.17. The molecule has 2 heterocycles. The number of nitrogen functional groups attached to an aromatic ring is 1. The molecule has 0 unspecified atom stereocenters. The molecular weight excluding hydrogens is 242 g/mol. The lowest BCUT2D eigenvalue weighted by Crippen LogP contribution is -1.93. The van der Waals surface area contributed by atoms with E-state index >= 15 is 0 Å². The topological polar surface area (TPSA) is 51.8 Å². The van der Waals surface area contributed by atoms with Gasteiger partial charge in [-0.05, 0) is 31.9 Å². The van der Waals surface area contributed by atoms with Gasteiger partial charge in [-0.25, -0.2) is 9.97 Å².